The Morgan fingerprint density at radius 3 is 1.89 bits per heavy atom. The normalized spacial score (nSPS) is 12.0. The average molecular weight is 556 g/mol. The van der Waals surface area contributed by atoms with Gasteiger partial charge in [-0.1, -0.05) is 50.3 Å². The van der Waals surface area contributed by atoms with E-state index in [0.717, 1.165) is 30.9 Å². The number of likely N-dealkylation sites (N-methyl/N-ethyl adjacent to an activating group) is 1. The zero-order valence-corrected chi connectivity index (χ0v) is 22.8. The van der Waals surface area contributed by atoms with E-state index in [9.17, 15) is 13.2 Å². The van der Waals surface area contributed by atoms with Gasteiger partial charge in [-0.05, 0) is 67.6 Å². The number of carbonyl (C=O) groups is 1. The van der Waals surface area contributed by atoms with Gasteiger partial charge in [-0.15, -0.1) is 0 Å². The summed E-state index contributed by atoms with van der Waals surface area (Å²) in [7, 11) is -8.23. The van der Waals surface area contributed by atoms with Crippen LogP contribution in [-0.2, 0) is 19.5 Å². The van der Waals surface area contributed by atoms with E-state index in [1.54, 1.807) is 36.4 Å². The Kier molecular flexibility index (Phi) is 14.1. The number of ether oxygens (including phenoxy) is 1. The van der Waals surface area contributed by atoms with Gasteiger partial charge in [0.1, 0.15) is 18.1 Å². The van der Waals surface area contributed by atoms with Gasteiger partial charge in [0.2, 0.25) is 0 Å². The zero-order chi connectivity index (χ0) is 27.9. The molecule has 10 nitrogen and oxygen atoms in total. The molecule has 204 valence electrons. The molecule has 0 aromatic heterocycles. The molecule has 0 atom stereocenters. The van der Waals surface area contributed by atoms with Crippen molar-refractivity contribution in [1.82, 2.24) is 4.90 Å². The number of hydrogen-bond donors (Lipinski definition) is 3. The van der Waals surface area contributed by atoms with Crippen LogP contribution in [0.3, 0.4) is 0 Å². The molecule has 3 N–H and O–H groups in total. The number of ketones is 1. The van der Waals surface area contributed by atoms with Gasteiger partial charge in [-0.2, -0.15) is 8.42 Å². The quantitative estimate of drug-likeness (QED) is 0.190. The van der Waals surface area contributed by atoms with E-state index < -0.39 is 17.9 Å². The molecular weight excluding hydrogens is 521 g/mol. The lowest BCUT2D eigenvalue weighted by Gasteiger charge is -2.18. The van der Waals surface area contributed by atoms with E-state index >= 15 is 0 Å². The fourth-order valence-corrected chi connectivity index (χ4v) is 3.34. The molecule has 0 aliphatic rings. The fourth-order valence-electron chi connectivity index (χ4n) is 2.83. The number of allylic oxidation sites excluding steroid dienone is 2. The van der Waals surface area contributed by atoms with Crippen molar-refractivity contribution in [1.29, 1.82) is 0 Å². The SMILES string of the molecule is CCN(CC)CCOc1cccc(/C=C/C(=O)/C=C/c2cccc(OS(=O)(=O)CC)c2)c1.O=P(O)(O)O. The summed E-state index contributed by atoms with van der Waals surface area (Å²) in [5.74, 6) is 0.680. The molecule has 0 heterocycles. The van der Waals surface area contributed by atoms with Crippen molar-refractivity contribution >= 4 is 35.9 Å². The molecule has 12 heteroatoms. The van der Waals surface area contributed by atoms with E-state index in [0.29, 0.717) is 12.2 Å². The zero-order valence-electron chi connectivity index (χ0n) is 21.1. The maximum Gasteiger partial charge on any atom is 0.466 e. The summed E-state index contributed by atoms with van der Waals surface area (Å²) in [5, 5.41) is 0. The molecule has 0 saturated carbocycles. The van der Waals surface area contributed by atoms with E-state index in [2.05, 4.69) is 18.7 Å². The Labute approximate surface area is 218 Å². The number of benzene rings is 2. The van der Waals surface area contributed by atoms with E-state index in [-0.39, 0.29) is 17.3 Å². The lowest BCUT2D eigenvalue weighted by molar-refractivity contribution is -0.110. The van der Waals surface area contributed by atoms with Crippen LogP contribution in [0, 0.1) is 0 Å². The molecule has 0 fully saturated rings. The van der Waals surface area contributed by atoms with Gasteiger partial charge in [0.25, 0.3) is 0 Å². The molecule has 0 unspecified atom stereocenters. The van der Waals surface area contributed by atoms with Crippen molar-refractivity contribution in [2.24, 2.45) is 0 Å². The highest BCUT2D eigenvalue weighted by Crippen LogP contribution is 2.25. The second kappa shape index (κ2) is 16.1. The van der Waals surface area contributed by atoms with Gasteiger partial charge in [-0.25, -0.2) is 4.57 Å². The van der Waals surface area contributed by atoms with Gasteiger partial charge >= 0.3 is 17.9 Å². The third kappa shape index (κ3) is 15.8. The van der Waals surface area contributed by atoms with Crippen LogP contribution in [0.4, 0.5) is 0 Å². The molecular formula is C25H34NO9PS. The van der Waals surface area contributed by atoms with E-state index in [1.807, 2.05) is 24.3 Å². The first-order valence-corrected chi connectivity index (χ1v) is 14.6. The summed E-state index contributed by atoms with van der Waals surface area (Å²) in [6.45, 7) is 9.23. The van der Waals surface area contributed by atoms with E-state index in [4.69, 9.17) is 28.2 Å². The van der Waals surface area contributed by atoms with Crippen LogP contribution in [0.15, 0.2) is 60.7 Å². The molecule has 2 aromatic carbocycles. The third-order valence-electron chi connectivity index (χ3n) is 4.74. The minimum absolute atomic E-state index is 0.113. The molecule has 0 saturated heterocycles. The lowest BCUT2D eigenvalue weighted by atomic mass is 10.1. The van der Waals surface area contributed by atoms with Crippen molar-refractivity contribution in [3.63, 3.8) is 0 Å². The van der Waals surface area contributed by atoms with Crippen molar-refractivity contribution in [3.8, 4) is 11.5 Å². The van der Waals surface area contributed by atoms with Crippen LogP contribution in [-0.4, -0.2) is 65.8 Å². The van der Waals surface area contributed by atoms with Crippen molar-refractivity contribution in [2.75, 3.05) is 32.0 Å². The Balaban J connectivity index is 0.00000124. The maximum absolute atomic E-state index is 12.2. The van der Waals surface area contributed by atoms with Crippen LogP contribution in [0.25, 0.3) is 12.2 Å². The third-order valence-corrected chi connectivity index (χ3v) is 5.90. The second-order valence-electron chi connectivity index (χ2n) is 7.53. The molecule has 0 aliphatic carbocycles. The highest BCUT2D eigenvalue weighted by atomic mass is 32.2. The summed E-state index contributed by atoms with van der Waals surface area (Å²) in [6.07, 6.45) is 6.25. The smallest absolute Gasteiger partial charge is 0.466 e. The Morgan fingerprint density at radius 2 is 1.41 bits per heavy atom. The molecule has 0 spiro atoms. The predicted octanol–water partition coefficient (Wildman–Crippen LogP) is 3.50. The Bertz CT molecular complexity index is 1190. The minimum atomic E-state index is -4.64. The minimum Gasteiger partial charge on any atom is -0.492 e. The van der Waals surface area contributed by atoms with Crippen molar-refractivity contribution in [2.45, 2.75) is 20.8 Å². The molecule has 2 rings (SSSR count). The maximum atomic E-state index is 12.2. The molecule has 37 heavy (non-hydrogen) atoms. The topological polar surface area (TPSA) is 151 Å². The summed E-state index contributed by atoms with van der Waals surface area (Å²) >= 11 is 0. The first kappa shape index (κ1) is 32.2. The molecule has 0 radical (unpaired) electrons. The van der Waals surface area contributed by atoms with Gasteiger partial charge in [0, 0.05) is 6.54 Å². The van der Waals surface area contributed by atoms with Crippen molar-refractivity contribution < 1.29 is 41.4 Å². The second-order valence-corrected chi connectivity index (χ2v) is 10.4. The number of nitrogens with zero attached hydrogens (tertiary/aromatic N) is 1. The summed E-state index contributed by atoms with van der Waals surface area (Å²) in [4.78, 5) is 36.1. The number of hydrogen-bond acceptors (Lipinski definition) is 7. The van der Waals surface area contributed by atoms with Gasteiger partial charge in [0.15, 0.2) is 5.78 Å². The standard InChI is InChI=1S/C25H31NO5S.H3O4P/c1-4-26(5-2)17-18-30-24-11-7-9-21(19-24)13-15-23(27)16-14-22-10-8-12-25(20-22)31-32(28,29)6-3;1-5(2,3)4/h7-16,19-20H,4-6,17-18H2,1-3H3;(H3,1,2,3,4)/b15-13+,16-14+;. The first-order chi connectivity index (χ1) is 17.3. The van der Waals surface area contributed by atoms with Crippen LogP contribution >= 0.6 is 7.82 Å². The summed E-state index contributed by atoms with van der Waals surface area (Å²) < 4.78 is 42.9. The van der Waals surface area contributed by atoms with Crippen LogP contribution in [0.2, 0.25) is 0 Å². The molecule has 0 aliphatic heterocycles. The number of rotatable bonds is 13. The Hall–Kier alpha value is -2.79. The van der Waals surface area contributed by atoms with Crippen molar-refractivity contribution in [3.05, 3.63) is 71.8 Å². The average Bonchev–Trinajstić information content (AvgIpc) is 2.83. The lowest BCUT2D eigenvalue weighted by Crippen LogP contribution is -2.27. The monoisotopic (exact) mass is 555 g/mol. The predicted molar refractivity (Wildman–Crippen MR) is 144 cm³/mol. The Morgan fingerprint density at radius 1 is 0.919 bits per heavy atom. The largest absolute Gasteiger partial charge is 0.492 e. The fraction of sp³-hybridized carbons (Fsp3) is 0.320. The van der Waals surface area contributed by atoms with Gasteiger partial charge < -0.3 is 28.5 Å². The molecule has 2 aromatic rings. The molecule has 0 amide bonds. The van der Waals surface area contributed by atoms with Crippen LogP contribution in [0.5, 0.6) is 11.5 Å². The summed E-state index contributed by atoms with van der Waals surface area (Å²) in [5.41, 5.74) is 1.53. The highest BCUT2D eigenvalue weighted by molar-refractivity contribution is 7.87. The van der Waals surface area contributed by atoms with Gasteiger partial charge in [0.05, 0.1) is 5.75 Å². The number of carbonyl (C=O) groups excluding carboxylic acids is 1. The van der Waals surface area contributed by atoms with E-state index in [1.165, 1.54) is 19.1 Å². The van der Waals surface area contributed by atoms with Crippen LogP contribution in [0.1, 0.15) is 31.9 Å². The van der Waals surface area contributed by atoms with Crippen LogP contribution < -0.4 is 8.92 Å². The molecule has 0 bridgehead atoms. The number of phosphoric acid groups is 1. The highest BCUT2D eigenvalue weighted by Gasteiger charge is 2.09. The van der Waals surface area contributed by atoms with Gasteiger partial charge in [-0.3, -0.25) is 4.79 Å². The first-order valence-electron chi connectivity index (χ1n) is 11.5. The summed E-state index contributed by atoms with van der Waals surface area (Å²) in [6, 6.07) is 14.1.